The van der Waals surface area contributed by atoms with E-state index in [-0.39, 0.29) is 0 Å². The normalized spacial score (nSPS) is 20.9. The van der Waals surface area contributed by atoms with E-state index in [1.54, 1.807) is 0 Å². The molecule has 2 aliphatic rings. The summed E-state index contributed by atoms with van der Waals surface area (Å²) in [4.78, 5) is 2.56. The Kier molecular flexibility index (Phi) is 4.46. The SMILES string of the molecule is CCN1CCCCC1c1nn(-c2ccc(Cl)c(Cl)c2)c2c1CCN2. The van der Waals surface area contributed by atoms with Crippen molar-refractivity contribution >= 4 is 29.0 Å². The first-order valence-electron chi connectivity index (χ1n) is 8.74. The van der Waals surface area contributed by atoms with E-state index in [2.05, 4.69) is 17.1 Å². The number of hydrogen-bond acceptors (Lipinski definition) is 3. The van der Waals surface area contributed by atoms with Crippen molar-refractivity contribution in [3.05, 3.63) is 39.5 Å². The minimum Gasteiger partial charge on any atom is -0.369 e. The zero-order chi connectivity index (χ0) is 16.7. The molecule has 0 spiro atoms. The number of nitrogens with zero attached hydrogens (tertiary/aromatic N) is 3. The van der Waals surface area contributed by atoms with Crippen LogP contribution in [0.1, 0.15) is 43.5 Å². The van der Waals surface area contributed by atoms with Crippen molar-refractivity contribution in [1.82, 2.24) is 14.7 Å². The number of piperidine rings is 1. The number of rotatable bonds is 3. The van der Waals surface area contributed by atoms with Crippen molar-refractivity contribution in [3.8, 4) is 5.69 Å². The molecule has 6 heteroatoms. The average molecular weight is 365 g/mol. The third kappa shape index (κ3) is 2.71. The van der Waals surface area contributed by atoms with Gasteiger partial charge in [-0.3, -0.25) is 4.90 Å². The van der Waals surface area contributed by atoms with Crippen LogP contribution in [0.2, 0.25) is 10.0 Å². The first-order valence-corrected chi connectivity index (χ1v) is 9.49. The van der Waals surface area contributed by atoms with E-state index in [4.69, 9.17) is 28.3 Å². The number of likely N-dealkylation sites (tertiary alicyclic amines) is 1. The molecule has 1 atom stereocenters. The molecule has 0 radical (unpaired) electrons. The molecule has 2 aliphatic heterocycles. The summed E-state index contributed by atoms with van der Waals surface area (Å²) >= 11 is 12.3. The molecule has 1 fully saturated rings. The van der Waals surface area contributed by atoms with E-state index in [0.717, 1.165) is 31.0 Å². The van der Waals surface area contributed by atoms with E-state index in [9.17, 15) is 0 Å². The van der Waals surface area contributed by atoms with Gasteiger partial charge >= 0.3 is 0 Å². The molecule has 1 aromatic heterocycles. The van der Waals surface area contributed by atoms with Gasteiger partial charge in [-0.1, -0.05) is 36.5 Å². The summed E-state index contributed by atoms with van der Waals surface area (Å²) < 4.78 is 2.00. The Labute approximate surface area is 152 Å². The van der Waals surface area contributed by atoms with Crippen LogP contribution in [0.4, 0.5) is 5.82 Å². The quantitative estimate of drug-likeness (QED) is 0.856. The molecule has 128 valence electrons. The lowest BCUT2D eigenvalue weighted by Crippen LogP contribution is -2.33. The number of halogens is 2. The molecule has 0 saturated carbocycles. The summed E-state index contributed by atoms with van der Waals surface area (Å²) in [5.41, 5.74) is 3.56. The average Bonchev–Trinajstić information content (AvgIpc) is 3.20. The van der Waals surface area contributed by atoms with Crippen molar-refractivity contribution in [3.63, 3.8) is 0 Å². The summed E-state index contributed by atoms with van der Waals surface area (Å²) in [6.07, 6.45) is 4.81. The lowest BCUT2D eigenvalue weighted by molar-refractivity contribution is 0.153. The predicted molar refractivity (Wildman–Crippen MR) is 99.6 cm³/mol. The Morgan fingerprint density at radius 3 is 2.92 bits per heavy atom. The first kappa shape index (κ1) is 16.2. The van der Waals surface area contributed by atoms with Gasteiger partial charge < -0.3 is 5.32 Å². The van der Waals surface area contributed by atoms with Gasteiger partial charge in [0, 0.05) is 12.1 Å². The van der Waals surface area contributed by atoms with Gasteiger partial charge in [0.25, 0.3) is 0 Å². The van der Waals surface area contributed by atoms with Gasteiger partial charge in [-0.05, 0) is 50.6 Å². The number of hydrogen-bond donors (Lipinski definition) is 1. The number of nitrogens with one attached hydrogen (secondary N) is 1. The van der Waals surface area contributed by atoms with Crippen LogP contribution >= 0.6 is 23.2 Å². The van der Waals surface area contributed by atoms with Crippen LogP contribution in [0.5, 0.6) is 0 Å². The van der Waals surface area contributed by atoms with Crippen molar-refractivity contribution in [1.29, 1.82) is 0 Å². The van der Waals surface area contributed by atoms with Crippen molar-refractivity contribution in [2.24, 2.45) is 0 Å². The molecule has 3 heterocycles. The van der Waals surface area contributed by atoms with E-state index in [1.165, 1.54) is 37.1 Å². The zero-order valence-corrected chi connectivity index (χ0v) is 15.4. The third-order valence-corrected chi connectivity index (χ3v) is 5.90. The summed E-state index contributed by atoms with van der Waals surface area (Å²) in [5, 5.41) is 9.64. The summed E-state index contributed by atoms with van der Waals surface area (Å²) in [6, 6.07) is 6.13. The first-order chi connectivity index (χ1) is 11.7. The van der Waals surface area contributed by atoms with Crippen LogP contribution in [-0.2, 0) is 6.42 Å². The fourth-order valence-electron chi connectivity index (χ4n) is 3.95. The Morgan fingerprint density at radius 1 is 1.25 bits per heavy atom. The Morgan fingerprint density at radius 2 is 2.12 bits per heavy atom. The predicted octanol–water partition coefficient (Wildman–Crippen LogP) is 4.69. The zero-order valence-electron chi connectivity index (χ0n) is 13.9. The summed E-state index contributed by atoms with van der Waals surface area (Å²) in [5.74, 6) is 1.12. The number of aromatic nitrogens is 2. The maximum atomic E-state index is 6.21. The van der Waals surface area contributed by atoms with Gasteiger partial charge in [0.15, 0.2) is 0 Å². The highest BCUT2D eigenvalue weighted by atomic mass is 35.5. The molecular weight excluding hydrogens is 343 g/mol. The highest BCUT2D eigenvalue weighted by molar-refractivity contribution is 6.42. The lowest BCUT2D eigenvalue weighted by Gasteiger charge is -2.34. The lowest BCUT2D eigenvalue weighted by atomic mass is 9.96. The van der Waals surface area contributed by atoms with E-state index in [1.807, 2.05) is 22.9 Å². The van der Waals surface area contributed by atoms with E-state index in [0.29, 0.717) is 16.1 Å². The molecule has 2 aromatic rings. The van der Waals surface area contributed by atoms with Crippen molar-refractivity contribution in [2.75, 3.05) is 25.0 Å². The standard InChI is InChI=1S/C18H22Cl2N4/c1-2-23-10-4-3-5-16(23)17-13-8-9-21-18(13)24(22-17)12-6-7-14(19)15(20)11-12/h6-7,11,16,21H,2-5,8-10H2,1H3. The topological polar surface area (TPSA) is 33.1 Å². The van der Waals surface area contributed by atoms with Crippen molar-refractivity contribution < 1.29 is 0 Å². The summed E-state index contributed by atoms with van der Waals surface area (Å²) in [6.45, 7) is 5.46. The largest absolute Gasteiger partial charge is 0.369 e. The summed E-state index contributed by atoms with van der Waals surface area (Å²) in [7, 11) is 0. The number of benzene rings is 1. The van der Waals surface area contributed by atoms with Crippen LogP contribution in [-0.4, -0.2) is 34.3 Å². The second kappa shape index (κ2) is 6.58. The van der Waals surface area contributed by atoms with Crippen LogP contribution in [0, 0.1) is 0 Å². The third-order valence-electron chi connectivity index (χ3n) is 5.17. The maximum Gasteiger partial charge on any atom is 0.133 e. The molecule has 1 aromatic carbocycles. The van der Waals surface area contributed by atoms with Crippen LogP contribution in [0.25, 0.3) is 5.69 Å². The van der Waals surface area contributed by atoms with E-state index < -0.39 is 0 Å². The highest BCUT2D eigenvalue weighted by Gasteiger charge is 2.32. The molecule has 4 nitrogen and oxygen atoms in total. The van der Waals surface area contributed by atoms with E-state index >= 15 is 0 Å². The molecule has 1 unspecified atom stereocenters. The fourth-order valence-corrected chi connectivity index (χ4v) is 4.24. The minimum absolute atomic E-state index is 0.432. The Hall–Kier alpha value is -1.23. The molecule has 0 bridgehead atoms. The van der Waals surface area contributed by atoms with Gasteiger partial charge in [-0.25, -0.2) is 4.68 Å². The van der Waals surface area contributed by atoms with Gasteiger partial charge in [0.05, 0.1) is 27.5 Å². The van der Waals surface area contributed by atoms with Gasteiger partial charge in [-0.2, -0.15) is 5.10 Å². The van der Waals surface area contributed by atoms with Crippen LogP contribution in [0.3, 0.4) is 0 Å². The fraction of sp³-hybridized carbons (Fsp3) is 0.500. The number of anilines is 1. The molecule has 1 N–H and O–H groups in total. The Balaban J connectivity index is 1.78. The second-order valence-electron chi connectivity index (χ2n) is 6.54. The van der Waals surface area contributed by atoms with Gasteiger partial charge in [0.2, 0.25) is 0 Å². The maximum absolute atomic E-state index is 6.21. The van der Waals surface area contributed by atoms with Gasteiger partial charge in [0.1, 0.15) is 5.82 Å². The molecule has 24 heavy (non-hydrogen) atoms. The smallest absolute Gasteiger partial charge is 0.133 e. The minimum atomic E-state index is 0.432. The van der Waals surface area contributed by atoms with Crippen molar-refractivity contribution in [2.45, 2.75) is 38.6 Å². The molecule has 0 amide bonds. The second-order valence-corrected chi connectivity index (χ2v) is 7.35. The molecule has 4 rings (SSSR count). The molecule has 1 saturated heterocycles. The highest BCUT2D eigenvalue weighted by Crippen LogP contribution is 2.38. The number of fused-ring (bicyclic) bond motifs is 1. The van der Waals surface area contributed by atoms with Crippen LogP contribution in [0.15, 0.2) is 18.2 Å². The van der Waals surface area contributed by atoms with Crippen LogP contribution < -0.4 is 5.32 Å². The monoisotopic (exact) mass is 364 g/mol. The van der Waals surface area contributed by atoms with Gasteiger partial charge in [-0.15, -0.1) is 0 Å². The molecule has 0 aliphatic carbocycles. The Bertz CT molecular complexity index is 756. The molecular formula is C18H22Cl2N4.